The van der Waals surface area contributed by atoms with Crippen molar-refractivity contribution in [3.63, 3.8) is 0 Å². The van der Waals surface area contributed by atoms with Crippen molar-refractivity contribution < 1.29 is 5.11 Å². The van der Waals surface area contributed by atoms with Gasteiger partial charge in [0.1, 0.15) is 11.6 Å². The van der Waals surface area contributed by atoms with Crippen molar-refractivity contribution in [1.29, 1.82) is 0 Å². The van der Waals surface area contributed by atoms with E-state index >= 15 is 0 Å². The van der Waals surface area contributed by atoms with Crippen molar-refractivity contribution in [3.8, 4) is 5.75 Å². The van der Waals surface area contributed by atoms with Gasteiger partial charge in [-0.15, -0.1) is 0 Å². The Morgan fingerprint density at radius 1 is 1.14 bits per heavy atom. The first-order chi connectivity index (χ1) is 10.1. The number of hydrogen-bond donors (Lipinski definition) is 4. The average molecular weight is 286 g/mol. The summed E-state index contributed by atoms with van der Waals surface area (Å²) in [5.74, 6) is 0.362. The number of rotatable bonds is 3. The molecular formula is C16H22N4O. The van der Waals surface area contributed by atoms with Crippen LogP contribution in [0.4, 0.5) is 0 Å². The molecule has 1 aromatic rings. The van der Waals surface area contributed by atoms with Gasteiger partial charge in [-0.1, -0.05) is 24.3 Å². The Kier molecular flexibility index (Phi) is 4.77. The molecule has 5 heteroatoms. The van der Waals surface area contributed by atoms with Crippen molar-refractivity contribution in [2.45, 2.75) is 12.8 Å². The van der Waals surface area contributed by atoms with E-state index in [9.17, 15) is 5.11 Å². The van der Waals surface area contributed by atoms with Crippen LogP contribution in [0.2, 0.25) is 0 Å². The van der Waals surface area contributed by atoms with Crippen molar-refractivity contribution in [3.05, 3.63) is 59.6 Å². The van der Waals surface area contributed by atoms with Crippen LogP contribution < -0.4 is 17.2 Å². The van der Waals surface area contributed by atoms with Gasteiger partial charge in [0.25, 0.3) is 0 Å². The van der Waals surface area contributed by atoms with Crippen molar-refractivity contribution in [2.24, 2.45) is 17.2 Å². The average Bonchev–Trinajstić information content (AvgIpc) is 2.73. The van der Waals surface area contributed by atoms with Crippen molar-refractivity contribution in [1.82, 2.24) is 4.90 Å². The second-order valence-electron chi connectivity index (χ2n) is 5.02. The molecule has 112 valence electrons. The molecule has 0 fully saturated rings. The summed E-state index contributed by atoms with van der Waals surface area (Å²) in [5, 5.41) is 9.86. The Balaban J connectivity index is 2.32. The molecule has 7 N–H and O–H groups in total. The lowest BCUT2D eigenvalue weighted by Gasteiger charge is -2.24. The topological polar surface area (TPSA) is 102 Å². The molecule has 0 aliphatic carbocycles. The Hall–Kier alpha value is -2.56. The summed E-state index contributed by atoms with van der Waals surface area (Å²) >= 11 is 0. The molecule has 0 unspecified atom stereocenters. The Morgan fingerprint density at radius 2 is 1.90 bits per heavy atom. The van der Waals surface area contributed by atoms with E-state index in [1.165, 1.54) is 0 Å². The van der Waals surface area contributed by atoms with Gasteiger partial charge >= 0.3 is 0 Å². The summed E-state index contributed by atoms with van der Waals surface area (Å²) in [6.45, 7) is 1.61. The van der Waals surface area contributed by atoms with Crippen LogP contribution >= 0.6 is 0 Å². The predicted octanol–water partition coefficient (Wildman–Crippen LogP) is 1.43. The molecule has 1 aliphatic heterocycles. The van der Waals surface area contributed by atoms with Gasteiger partial charge in [0.05, 0.1) is 5.70 Å². The highest BCUT2D eigenvalue weighted by atomic mass is 16.3. The van der Waals surface area contributed by atoms with E-state index in [1.54, 1.807) is 24.3 Å². The van der Waals surface area contributed by atoms with Crippen LogP contribution in [-0.2, 0) is 0 Å². The van der Waals surface area contributed by atoms with E-state index in [0.29, 0.717) is 17.0 Å². The van der Waals surface area contributed by atoms with Gasteiger partial charge in [0, 0.05) is 24.4 Å². The zero-order chi connectivity index (χ0) is 15.2. The lowest BCUT2D eigenvalue weighted by atomic mass is 10.1. The molecule has 0 spiro atoms. The normalized spacial score (nSPS) is 15.6. The number of para-hydroxylation sites is 1. The lowest BCUT2D eigenvalue weighted by Crippen LogP contribution is -2.28. The van der Waals surface area contributed by atoms with Crippen molar-refractivity contribution >= 4 is 5.70 Å². The molecule has 0 saturated carbocycles. The van der Waals surface area contributed by atoms with Crippen LogP contribution in [0.3, 0.4) is 0 Å². The quantitative estimate of drug-likeness (QED) is 0.497. The molecule has 0 radical (unpaired) electrons. The smallest absolute Gasteiger partial charge is 0.124 e. The van der Waals surface area contributed by atoms with Crippen LogP contribution in [0, 0.1) is 0 Å². The zero-order valence-corrected chi connectivity index (χ0v) is 12.0. The van der Waals surface area contributed by atoms with Gasteiger partial charge in [-0.25, -0.2) is 0 Å². The maximum atomic E-state index is 9.86. The standard InChI is InChI=1S/C16H22N4O/c17-13(12-7-3-4-8-15(12)21)11-14(16(18)19)20-9-5-1-2-6-10-20/h1,3-5,7-8,11,21H,2,6,9-10,17-19H2/b13-11-. The van der Waals surface area contributed by atoms with E-state index in [0.717, 1.165) is 25.9 Å². The molecule has 1 heterocycles. The maximum Gasteiger partial charge on any atom is 0.124 e. The number of benzene rings is 1. The second kappa shape index (κ2) is 6.74. The SMILES string of the molecule is NC(N)=C(/C=C(\N)c1ccccc1O)N1CC=CCCC1. The molecule has 1 aromatic carbocycles. The van der Waals surface area contributed by atoms with Crippen LogP contribution in [0.1, 0.15) is 18.4 Å². The predicted molar refractivity (Wildman–Crippen MR) is 85.6 cm³/mol. The highest BCUT2D eigenvalue weighted by Crippen LogP contribution is 2.23. The number of hydrogen-bond acceptors (Lipinski definition) is 5. The molecule has 0 amide bonds. The molecule has 2 rings (SSSR count). The number of phenols is 1. The van der Waals surface area contributed by atoms with E-state index in [2.05, 4.69) is 17.1 Å². The summed E-state index contributed by atoms with van der Waals surface area (Å²) in [4.78, 5) is 2.09. The number of phenolic OH excluding ortho intramolecular Hbond substituents is 1. The molecule has 0 atom stereocenters. The highest BCUT2D eigenvalue weighted by Gasteiger charge is 2.12. The van der Waals surface area contributed by atoms with Gasteiger partial charge in [0.15, 0.2) is 0 Å². The third kappa shape index (κ3) is 3.72. The first-order valence-corrected chi connectivity index (χ1v) is 7.00. The Bertz CT molecular complexity index is 586. The summed E-state index contributed by atoms with van der Waals surface area (Å²) in [5.41, 5.74) is 19.4. The van der Waals surface area contributed by atoms with Crippen molar-refractivity contribution in [2.75, 3.05) is 13.1 Å². The van der Waals surface area contributed by atoms with E-state index in [1.807, 2.05) is 6.07 Å². The van der Waals surface area contributed by atoms with Gasteiger partial charge in [-0.2, -0.15) is 0 Å². The minimum Gasteiger partial charge on any atom is -0.507 e. The molecule has 0 bridgehead atoms. The van der Waals surface area contributed by atoms with Gasteiger partial charge in [0.2, 0.25) is 0 Å². The molecule has 1 aliphatic rings. The first-order valence-electron chi connectivity index (χ1n) is 7.00. The van der Waals surface area contributed by atoms with E-state index in [4.69, 9.17) is 17.2 Å². The maximum absolute atomic E-state index is 9.86. The number of allylic oxidation sites excluding steroid dienone is 2. The summed E-state index contributed by atoms with van der Waals surface area (Å²) < 4.78 is 0. The lowest BCUT2D eigenvalue weighted by molar-refractivity contribution is 0.388. The third-order valence-electron chi connectivity index (χ3n) is 3.44. The Morgan fingerprint density at radius 3 is 2.62 bits per heavy atom. The number of nitrogens with two attached hydrogens (primary N) is 3. The summed E-state index contributed by atoms with van der Waals surface area (Å²) in [7, 11) is 0. The monoisotopic (exact) mass is 286 g/mol. The summed E-state index contributed by atoms with van der Waals surface area (Å²) in [6.07, 6.45) is 8.06. The molecule has 5 nitrogen and oxygen atoms in total. The molecule has 0 aromatic heterocycles. The fourth-order valence-electron chi connectivity index (χ4n) is 2.33. The largest absolute Gasteiger partial charge is 0.507 e. The van der Waals surface area contributed by atoms with Gasteiger partial charge < -0.3 is 27.2 Å². The molecular weight excluding hydrogens is 264 g/mol. The number of aromatic hydroxyl groups is 1. The molecule has 21 heavy (non-hydrogen) atoms. The third-order valence-corrected chi connectivity index (χ3v) is 3.44. The van der Waals surface area contributed by atoms with Crippen LogP contribution in [0.15, 0.2) is 54.0 Å². The number of nitrogens with zero attached hydrogens (tertiary/aromatic N) is 1. The van der Waals surface area contributed by atoms with Crippen LogP contribution in [-0.4, -0.2) is 23.1 Å². The Labute approximate surface area is 125 Å². The van der Waals surface area contributed by atoms with Crippen LogP contribution in [0.25, 0.3) is 5.70 Å². The summed E-state index contributed by atoms with van der Waals surface area (Å²) in [6, 6.07) is 6.92. The van der Waals surface area contributed by atoms with E-state index < -0.39 is 0 Å². The van der Waals surface area contributed by atoms with Crippen LogP contribution in [0.5, 0.6) is 5.75 Å². The molecule has 0 saturated heterocycles. The fourth-order valence-corrected chi connectivity index (χ4v) is 2.33. The minimum atomic E-state index is 0.136. The van der Waals surface area contributed by atoms with E-state index in [-0.39, 0.29) is 11.6 Å². The first kappa shape index (κ1) is 14.8. The minimum absolute atomic E-state index is 0.136. The fraction of sp³-hybridized carbons (Fsp3) is 0.250. The highest BCUT2D eigenvalue weighted by molar-refractivity contribution is 5.69. The second-order valence-corrected chi connectivity index (χ2v) is 5.02. The zero-order valence-electron chi connectivity index (χ0n) is 12.0. The van der Waals surface area contributed by atoms with Gasteiger partial charge in [-0.3, -0.25) is 0 Å². The van der Waals surface area contributed by atoms with Gasteiger partial charge in [-0.05, 0) is 31.1 Å².